The summed E-state index contributed by atoms with van der Waals surface area (Å²) in [5.41, 5.74) is 0.951. The SMILES string of the molecule is Cc1noc(C)c1S(=O)(=O)N1CC[C@H](c2noc(-c3ccccn3)n2)C1. The lowest BCUT2D eigenvalue weighted by Gasteiger charge is -2.15. The van der Waals surface area contributed by atoms with Gasteiger partial charge in [-0.3, -0.25) is 4.98 Å². The Morgan fingerprint density at radius 1 is 1.19 bits per heavy atom. The number of pyridine rings is 1. The number of sulfonamides is 1. The maximum atomic E-state index is 12.9. The van der Waals surface area contributed by atoms with Crippen LogP contribution < -0.4 is 0 Å². The van der Waals surface area contributed by atoms with Crippen LogP contribution in [0.4, 0.5) is 0 Å². The highest BCUT2D eigenvalue weighted by Gasteiger charge is 2.38. The topological polar surface area (TPSA) is 115 Å². The van der Waals surface area contributed by atoms with Crippen molar-refractivity contribution >= 4 is 10.0 Å². The molecule has 4 heterocycles. The fourth-order valence-corrected chi connectivity index (χ4v) is 4.91. The number of hydrogen-bond donors (Lipinski definition) is 0. The minimum absolute atomic E-state index is 0.133. The zero-order valence-corrected chi connectivity index (χ0v) is 15.1. The van der Waals surface area contributed by atoms with E-state index in [4.69, 9.17) is 9.05 Å². The Labute approximate surface area is 150 Å². The van der Waals surface area contributed by atoms with Crippen LogP contribution in [0.5, 0.6) is 0 Å². The number of aryl methyl sites for hydroxylation is 2. The highest BCUT2D eigenvalue weighted by atomic mass is 32.2. The summed E-state index contributed by atoms with van der Waals surface area (Å²) >= 11 is 0. The van der Waals surface area contributed by atoms with E-state index in [0.29, 0.717) is 41.8 Å². The summed E-state index contributed by atoms with van der Waals surface area (Å²) in [6.07, 6.45) is 2.26. The number of hydrogen-bond acceptors (Lipinski definition) is 8. The van der Waals surface area contributed by atoms with Gasteiger partial charge in [-0.15, -0.1) is 0 Å². The van der Waals surface area contributed by atoms with Crippen molar-refractivity contribution in [3.05, 3.63) is 41.7 Å². The van der Waals surface area contributed by atoms with E-state index in [1.54, 1.807) is 32.2 Å². The first-order chi connectivity index (χ1) is 12.5. The van der Waals surface area contributed by atoms with E-state index in [1.807, 2.05) is 6.07 Å². The molecule has 0 saturated carbocycles. The predicted octanol–water partition coefficient (Wildman–Crippen LogP) is 1.91. The lowest BCUT2D eigenvalue weighted by Crippen LogP contribution is -2.29. The molecule has 0 unspecified atom stereocenters. The molecule has 4 rings (SSSR count). The van der Waals surface area contributed by atoms with Crippen LogP contribution in [0.15, 0.2) is 38.3 Å². The standard InChI is InChI=1S/C16H17N5O4S/c1-10-14(11(2)24-19-10)26(22,23)21-8-6-12(9-21)15-18-16(25-20-15)13-5-3-4-7-17-13/h3-5,7,12H,6,8-9H2,1-2H3/t12-/m0/s1. The van der Waals surface area contributed by atoms with Gasteiger partial charge in [0, 0.05) is 25.2 Å². The molecular formula is C16H17N5O4S. The van der Waals surface area contributed by atoms with Crippen LogP contribution in [0.25, 0.3) is 11.6 Å². The van der Waals surface area contributed by atoms with Crippen molar-refractivity contribution in [3.8, 4) is 11.6 Å². The van der Waals surface area contributed by atoms with Gasteiger partial charge in [0.2, 0.25) is 10.0 Å². The van der Waals surface area contributed by atoms with Gasteiger partial charge in [-0.1, -0.05) is 16.4 Å². The Morgan fingerprint density at radius 3 is 2.73 bits per heavy atom. The predicted molar refractivity (Wildman–Crippen MR) is 89.6 cm³/mol. The molecule has 9 nitrogen and oxygen atoms in total. The van der Waals surface area contributed by atoms with Gasteiger partial charge in [0.25, 0.3) is 5.89 Å². The second-order valence-electron chi connectivity index (χ2n) is 6.17. The first kappa shape index (κ1) is 16.9. The van der Waals surface area contributed by atoms with Gasteiger partial charge >= 0.3 is 0 Å². The monoisotopic (exact) mass is 375 g/mol. The molecule has 0 aliphatic carbocycles. The Morgan fingerprint density at radius 2 is 2.04 bits per heavy atom. The van der Waals surface area contributed by atoms with E-state index in [0.717, 1.165) is 0 Å². The van der Waals surface area contributed by atoms with E-state index in [9.17, 15) is 8.42 Å². The summed E-state index contributed by atoms with van der Waals surface area (Å²) < 4.78 is 37.5. The van der Waals surface area contributed by atoms with Crippen LogP contribution in [-0.2, 0) is 10.0 Å². The summed E-state index contributed by atoms with van der Waals surface area (Å²) in [7, 11) is -3.66. The number of aromatic nitrogens is 4. The Kier molecular flexibility index (Phi) is 4.08. The molecule has 0 aromatic carbocycles. The zero-order valence-electron chi connectivity index (χ0n) is 14.3. The van der Waals surface area contributed by atoms with Crippen LogP contribution in [0.3, 0.4) is 0 Å². The van der Waals surface area contributed by atoms with Crippen molar-refractivity contribution in [1.82, 2.24) is 24.6 Å². The van der Waals surface area contributed by atoms with E-state index in [-0.39, 0.29) is 17.4 Å². The first-order valence-corrected chi connectivity index (χ1v) is 9.59. The fourth-order valence-electron chi connectivity index (χ4n) is 3.12. The summed E-state index contributed by atoms with van der Waals surface area (Å²) in [6.45, 7) is 3.88. The van der Waals surface area contributed by atoms with Crippen LogP contribution in [0, 0.1) is 13.8 Å². The Hall–Kier alpha value is -2.59. The molecule has 3 aromatic heterocycles. The summed E-state index contributed by atoms with van der Waals surface area (Å²) in [5.74, 6) is 0.976. The lowest BCUT2D eigenvalue weighted by molar-refractivity contribution is 0.389. The molecule has 10 heteroatoms. The quantitative estimate of drug-likeness (QED) is 0.679. The van der Waals surface area contributed by atoms with Gasteiger partial charge in [-0.25, -0.2) is 8.42 Å². The van der Waals surface area contributed by atoms with Gasteiger partial charge in [0.15, 0.2) is 11.6 Å². The van der Waals surface area contributed by atoms with E-state index in [2.05, 4.69) is 20.3 Å². The highest BCUT2D eigenvalue weighted by molar-refractivity contribution is 7.89. The minimum atomic E-state index is -3.66. The third-order valence-electron chi connectivity index (χ3n) is 4.41. The second-order valence-corrected chi connectivity index (χ2v) is 8.05. The smallest absolute Gasteiger partial charge is 0.276 e. The largest absolute Gasteiger partial charge is 0.360 e. The van der Waals surface area contributed by atoms with Crippen molar-refractivity contribution < 1.29 is 17.5 Å². The molecular weight excluding hydrogens is 358 g/mol. The molecule has 1 aliphatic rings. The third kappa shape index (κ3) is 2.80. The second kappa shape index (κ2) is 6.29. The van der Waals surface area contributed by atoms with Gasteiger partial charge in [0.05, 0.1) is 0 Å². The number of nitrogens with zero attached hydrogens (tertiary/aromatic N) is 5. The Balaban J connectivity index is 1.55. The van der Waals surface area contributed by atoms with E-state index < -0.39 is 10.0 Å². The molecule has 0 radical (unpaired) electrons. The highest BCUT2D eigenvalue weighted by Crippen LogP contribution is 2.32. The molecule has 1 aliphatic heterocycles. The maximum absolute atomic E-state index is 12.9. The average Bonchev–Trinajstić information content (AvgIpc) is 3.35. The minimum Gasteiger partial charge on any atom is -0.360 e. The molecule has 0 spiro atoms. The van der Waals surface area contributed by atoms with E-state index >= 15 is 0 Å². The van der Waals surface area contributed by atoms with Crippen LogP contribution in [0.1, 0.15) is 29.6 Å². The van der Waals surface area contributed by atoms with Crippen LogP contribution in [-0.4, -0.2) is 46.1 Å². The summed E-state index contributed by atoms with van der Waals surface area (Å²) in [6, 6.07) is 5.41. The van der Waals surface area contributed by atoms with Crippen molar-refractivity contribution in [1.29, 1.82) is 0 Å². The van der Waals surface area contributed by atoms with Crippen molar-refractivity contribution in [2.45, 2.75) is 31.1 Å². The van der Waals surface area contributed by atoms with Crippen LogP contribution in [0.2, 0.25) is 0 Å². The molecule has 0 bridgehead atoms. The lowest BCUT2D eigenvalue weighted by atomic mass is 10.1. The third-order valence-corrected chi connectivity index (χ3v) is 6.52. The Bertz CT molecular complexity index is 1010. The molecule has 3 aromatic rings. The van der Waals surface area contributed by atoms with Crippen molar-refractivity contribution in [3.63, 3.8) is 0 Å². The molecule has 0 amide bonds. The molecule has 0 N–H and O–H groups in total. The van der Waals surface area contributed by atoms with Gasteiger partial charge in [-0.2, -0.15) is 9.29 Å². The molecule has 1 saturated heterocycles. The molecule has 1 atom stereocenters. The maximum Gasteiger partial charge on any atom is 0.276 e. The van der Waals surface area contributed by atoms with Crippen molar-refractivity contribution in [2.75, 3.05) is 13.1 Å². The van der Waals surface area contributed by atoms with Gasteiger partial charge < -0.3 is 9.05 Å². The van der Waals surface area contributed by atoms with Crippen molar-refractivity contribution in [2.24, 2.45) is 0 Å². The van der Waals surface area contributed by atoms with Gasteiger partial charge in [-0.05, 0) is 32.4 Å². The molecule has 1 fully saturated rings. The fraction of sp³-hybridized carbons (Fsp3) is 0.375. The molecule has 136 valence electrons. The number of rotatable bonds is 4. The van der Waals surface area contributed by atoms with Crippen LogP contribution >= 0.6 is 0 Å². The van der Waals surface area contributed by atoms with Gasteiger partial charge in [0.1, 0.15) is 16.3 Å². The zero-order chi connectivity index (χ0) is 18.3. The van der Waals surface area contributed by atoms with E-state index in [1.165, 1.54) is 4.31 Å². The summed E-state index contributed by atoms with van der Waals surface area (Å²) in [4.78, 5) is 8.70. The first-order valence-electron chi connectivity index (χ1n) is 8.15. The summed E-state index contributed by atoms with van der Waals surface area (Å²) in [5, 5.41) is 7.75. The average molecular weight is 375 g/mol. The molecule has 26 heavy (non-hydrogen) atoms. The normalized spacial score (nSPS) is 18.5.